The number of aromatic nitrogens is 2. The third-order valence-electron chi connectivity index (χ3n) is 3.31. The van der Waals surface area contributed by atoms with Crippen molar-refractivity contribution in [2.75, 3.05) is 30.6 Å². The minimum atomic E-state index is -4.26. The average Bonchev–Trinajstić information content (AvgIpc) is 2.68. The van der Waals surface area contributed by atoms with E-state index in [1.165, 1.54) is 38.1 Å². The van der Waals surface area contributed by atoms with Crippen LogP contribution >= 0.6 is 11.8 Å². The van der Waals surface area contributed by atoms with Crippen LogP contribution < -0.4 is 24.8 Å². The zero-order chi connectivity index (χ0) is 21.4. The van der Waals surface area contributed by atoms with Crippen LogP contribution in [-0.4, -0.2) is 50.8 Å². The van der Waals surface area contributed by atoms with E-state index in [1.807, 2.05) is 11.6 Å². The van der Waals surface area contributed by atoms with Crippen molar-refractivity contribution < 1.29 is 27.5 Å². The maximum absolute atomic E-state index is 12.7. The standard InChI is InChI=1S/C16H19N5O6S2/c1-4-28-11-6-5-10(17-9-22)7-12(11)29(24,25)21-16(23)20-15-18-13(26-2)8-14(19-15)27-3/h5-9H,4H2,1-3H3,(H,17,22)(H2,18,19,20,21,23). The summed E-state index contributed by atoms with van der Waals surface area (Å²) in [5.74, 6) is 0.620. The lowest BCUT2D eigenvalue weighted by Gasteiger charge is -2.13. The molecule has 0 aliphatic heterocycles. The molecular weight excluding hydrogens is 422 g/mol. The highest BCUT2D eigenvalue weighted by atomic mass is 32.2. The number of hydrogen-bond acceptors (Lipinski definition) is 9. The number of methoxy groups -OCH3 is 2. The Morgan fingerprint density at radius 2 is 1.83 bits per heavy atom. The van der Waals surface area contributed by atoms with Crippen molar-refractivity contribution in [3.8, 4) is 11.8 Å². The third kappa shape index (κ3) is 5.96. The maximum Gasteiger partial charge on any atom is 0.335 e. The number of amides is 3. The van der Waals surface area contributed by atoms with Gasteiger partial charge >= 0.3 is 6.03 Å². The zero-order valence-electron chi connectivity index (χ0n) is 15.8. The molecule has 0 aliphatic carbocycles. The number of benzene rings is 1. The smallest absolute Gasteiger partial charge is 0.335 e. The number of urea groups is 1. The molecule has 0 saturated heterocycles. The molecule has 0 radical (unpaired) electrons. The number of nitrogens with one attached hydrogen (secondary N) is 3. The van der Waals surface area contributed by atoms with Gasteiger partial charge < -0.3 is 14.8 Å². The molecule has 156 valence electrons. The molecule has 2 rings (SSSR count). The SMILES string of the molecule is CCSc1ccc(NC=O)cc1S(=O)(=O)NC(=O)Nc1nc(OC)cc(OC)n1. The first kappa shape index (κ1) is 22.2. The van der Waals surface area contributed by atoms with Crippen LogP contribution in [0.3, 0.4) is 0 Å². The van der Waals surface area contributed by atoms with Gasteiger partial charge in [-0.3, -0.25) is 10.1 Å². The number of sulfonamides is 1. The quantitative estimate of drug-likeness (QED) is 0.390. The number of anilines is 2. The lowest BCUT2D eigenvalue weighted by Crippen LogP contribution is -2.35. The molecular formula is C16H19N5O6S2. The summed E-state index contributed by atoms with van der Waals surface area (Å²) in [6, 6.07) is 4.67. The summed E-state index contributed by atoms with van der Waals surface area (Å²) in [4.78, 5) is 30.9. The summed E-state index contributed by atoms with van der Waals surface area (Å²) in [5, 5.41) is 4.60. The second-order valence-corrected chi connectivity index (χ2v) is 8.15. The molecule has 1 heterocycles. The van der Waals surface area contributed by atoms with E-state index >= 15 is 0 Å². The van der Waals surface area contributed by atoms with Crippen LogP contribution in [0.2, 0.25) is 0 Å². The third-order valence-corrected chi connectivity index (χ3v) is 5.76. The van der Waals surface area contributed by atoms with E-state index in [2.05, 4.69) is 20.6 Å². The lowest BCUT2D eigenvalue weighted by molar-refractivity contribution is -0.105. The Hall–Kier alpha value is -3.06. The largest absolute Gasteiger partial charge is 0.481 e. The summed E-state index contributed by atoms with van der Waals surface area (Å²) in [6.07, 6.45) is 0.423. The van der Waals surface area contributed by atoms with Gasteiger partial charge in [-0.05, 0) is 24.0 Å². The van der Waals surface area contributed by atoms with E-state index in [4.69, 9.17) is 9.47 Å². The Balaban J connectivity index is 2.27. The highest BCUT2D eigenvalue weighted by Crippen LogP contribution is 2.29. The zero-order valence-corrected chi connectivity index (χ0v) is 17.4. The molecule has 0 fully saturated rings. The molecule has 1 aromatic heterocycles. The number of ether oxygens (including phenoxy) is 2. The van der Waals surface area contributed by atoms with E-state index in [0.717, 1.165) is 0 Å². The maximum atomic E-state index is 12.7. The van der Waals surface area contributed by atoms with E-state index in [1.54, 1.807) is 12.1 Å². The van der Waals surface area contributed by atoms with Gasteiger partial charge in [0.05, 0.1) is 20.3 Å². The first-order valence-electron chi connectivity index (χ1n) is 8.10. The topological polar surface area (TPSA) is 149 Å². The van der Waals surface area contributed by atoms with Crippen molar-refractivity contribution >= 4 is 45.9 Å². The van der Waals surface area contributed by atoms with E-state index in [-0.39, 0.29) is 28.3 Å². The fourth-order valence-electron chi connectivity index (χ4n) is 2.12. The van der Waals surface area contributed by atoms with Crippen molar-refractivity contribution in [1.29, 1.82) is 0 Å². The molecule has 1 aromatic carbocycles. The fourth-order valence-corrected chi connectivity index (χ4v) is 4.33. The van der Waals surface area contributed by atoms with Gasteiger partial charge in [0, 0.05) is 10.6 Å². The molecule has 0 unspecified atom stereocenters. The van der Waals surface area contributed by atoms with Crippen molar-refractivity contribution in [2.24, 2.45) is 0 Å². The van der Waals surface area contributed by atoms with E-state index in [0.29, 0.717) is 17.1 Å². The molecule has 13 heteroatoms. The van der Waals surface area contributed by atoms with Crippen LogP contribution in [0.4, 0.5) is 16.4 Å². The van der Waals surface area contributed by atoms with Crippen molar-refractivity contribution in [1.82, 2.24) is 14.7 Å². The fraction of sp³-hybridized carbons (Fsp3) is 0.250. The van der Waals surface area contributed by atoms with Gasteiger partial charge in [-0.2, -0.15) is 9.97 Å². The van der Waals surface area contributed by atoms with E-state index < -0.39 is 16.1 Å². The summed E-state index contributed by atoms with van der Waals surface area (Å²) in [5.41, 5.74) is 0.266. The van der Waals surface area contributed by atoms with Crippen molar-refractivity contribution in [3.05, 3.63) is 24.3 Å². The lowest BCUT2D eigenvalue weighted by atomic mass is 10.3. The van der Waals surface area contributed by atoms with Gasteiger partial charge in [0.15, 0.2) is 0 Å². The predicted molar refractivity (Wildman–Crippen MR) is 107 cm³/mol. The minimum Gasteiger partial charge on any atom is -0.481 e. The number of rotatable bonds is 9. The monoisotopic (exact) mass is 441 g/mol. The van der Waals surface area contributed by atoms with Crippen molar-refractivity contribution in [3.63, 3.8) is 0 Å². The highest BCUT2D eigenvalue weighted by molar-refractivity contribution is 8.00. The number of carbonyl (C=O) groups is 2. The molecule has 29 heavy (non-hydrogen) atoms. The molecule has 3 amide bonds. The first-order valence-corrected chi connectivity index (χ1v) is 10.6. The summed E-state index contributed by atoms with van der Waals surface area (Å²) in [7, 11) is -1.53. The van der Waals surface area contributed by atoms with Crippen LogP contribution in [0.5, 0.6) is 11.8 Å². The Kier molecular flexibility index (Phi) is 7.61. The van der Waals surface area contributed by atoms with E-state index in [9.17, 15) is 18.0 Å². The van der Waals surface area contributed by atoms with Crippen LogP contribution in [0, 0.1) is 0 Å². The second-order valence-electron chi connectivity index (χ2n) is 5.19. The Morgan fingerprint density at radius 1 is 1.17 bits per heavy atom. The molecule has 11 nitrogen and oxygen atoms in total. The number of thioether (sulfide) groups is 1. The van der Waals surface area contributed by atoms with Gasteiger partial charge in [-0.15, -0.1) is 11.8 Å². The molecule has 0 bridgehead atoms. The summed E-state index contributed by atoms with van der Waals surface area (Å²) >= 11 is 1.27. The first-order chi connectivity index (χ1) is 13.8. The van der Waals surface area contributed by atoms with Crippen LogP contribution in [0.15, 0.2) is 34.1 Å². The summed E-state index contributed by atoms with van der Waals surface area (Å²) in [6.45, 7) is 1.85. The van der Waals surface area contributed by atoms with Crippen LogP contribution in [0.1, 0.15) is 6.92 Å². The molecule has 0 aliphatic rings. The predicted octanol–water partition coefficient (Wildman–Crippen LogP) is 1.68. The van der Waals surface area contributed by atoms with Crippen LogP contribution in [-0.2, 0) is 14.8 Å². The molecule has 2 aromatic rings. The molecule has 0 atom stereocenters. The van der Waals surface area contributed by atoms with Crippen molar-refractivity contribution in [2.45, 2.75) is 16.7 Å². The Morgan fingerprint density at radius 3 is 2.38 bits per heavy atom. The van der Waals surface area contributed by atoms with Gasteiger partial charge in [0.25, 0.3) is 10.0 Å². The molecule has 3 N–H and O–H groups in total. The Labute approximate surface area is 171 Å². The normalized spacial score (nSPS) is 10.7. The van der Waals surface area contributed by atoms with Crippen LogP contribution in [0.25, 0.3) is 0 Å². The molecule has 0 spiro atoms. The van der Waals surface area contributed by atoms with Gasteiger partial charge in [0.1, 0.15) is 4.90 Å². The second kappa shape index (κ2) is 9.93. The minimum absolute atomic E-state index is 0.115. The van der Waals surface area contributed by atoms with Gasteiger partial charge in [-0.1, -0.05) is 6.92 Å². The van der Waals surface area contributed by atoms with Gasteiger partial charge in [0.2, 0.25) is 24.1 Å². The number of nitrogens with zero attached hydrogens (tertiary/aromatic N) is 2. The number of hydrogen-bond donors (Lipinski definition) is 3. The number of carbonyl (C=O) groups excluding carboxylic acids is 2. The Bertz CT molecular complexity index is 977. The molecule has 0 saturated carbocycles. The van der Waals surface area contributed by atoms with Gasteiger partial charge in [-0.25, -0.2) is 17.9 Å². The average molecular weight is 441 g/mol. The summed E-state index contributed by atoms with van der Waals surface area (Å²) < 4.78 is 37.3. The highest BCUT2D eigenvalue weighted by Gasteiger charge is 2.23.